The summed E-state index contributed by atoms with van der Waals surface area (Å²) in [6.07, 6.45) is 7.66. The van der Waals surface area contributed by atoms with Crippen molar-refractivity contribution in [1.82, 2.24) is 24.6 Å². The van der Waals surface area contributed by atoms with Gasteiger partial charge in [0, 0.05) is 44.8 Å². The van der Waals surface area contributed by atoms with Crippen LogP contribution in [0.25, 0.3) is 5.78 Å². The highest BCUT2D eigenvalue weighted by Gasteiger charge is 2.25. The number of nitrogens with two attached hydrogens (primary N) is 1. The van der Waals surface area contributed by atoms with Crippen molar-refractivity contribution in [2.24, 2.45) is 11.7 Å². The van der Waals surface area contributed by atoms with E-state index in [1.807, 2.05) is 22.9 Å². The van der Waals surface area contributed by atoms with Crippen LogP contribution in [0, 0.1) is 5.92 Å². The first-order chi connectivity index (χ1) is 10.8. The van der Waals surface area contributed by atoms with Crippen LogP contribution in [-0.2, 0) is 11.3 Å². The molecule has 2 aromatic rings. The van der Waals surface area contributed by atoms with Gasteiger partial charge in [0.1, 0.15) is 0 Å². The van der Waals surface area contributed by atoms with Gasteiger partial charge in [-0.3, -0.25) is 14.1 Å². The highest BCUT2D eigenvalue weighted by molar-refractivity contribution is 5.78. The molecule has 0 bridgehead atoms. The molecule has 0 saturated carbocycles. The predicted octanol–water partition coefficient (Wildman–Crippen LogP) is 0.0162. The van der Waals surface area contributed by atoms with Crippen LogP contribution in [0.3, 0.4) is 0 Å². The number of nitrogens with one attached hydrogen (secondary N) is 1. The number of imidazole rings is 1. The molecule has 1 atom stereocenters. The van der Waals surface area contributed by atoms with E-state index in [9.17, 15) is 4.79 Å². The molecule has 0 spiro atoms. The first-order valence-electron chi connectivity index (χ1n) is 7.75. The van der Waals surface area contributed by atoms with Crippen LogP contribution in [0.15, 0.2) is 24.7 Å². The Kier molecular flexibility index (Phi) is 4.65. The number of carbonyl (C=O) groups excluding carboxylic acids is 1. The van der Waals surface area contributed by atoms with Crippen LogP contribution in [0.1, 0.15) is 18.5 Å². The molecule has 1 fully saturated rings. The van der Waals surface area contributed by atoms with E-state index in [2.05, 4.69) is 20.2 Å². The van der Waals surface area contributed by atoms with Crippen LogP contribution in [-0.4, -0.2) is 51.4 Å². The second-order valence-corrected chi connectivity index (χ2v) is 5.71. The highest BCUT2D eigenvalue weighted by atomic mass is 16.1. The Morgan fingerprint density at radius 1 is 1.50 bits per heavy atom. The maximum absolute atomic E-state index is 12.1. The molecule has 1 unspecified atom stereocenters. The molecule has 0 radical (unpaired) electrons. The van der Waals surface area contributed by atoms with Gasteiger partial charge >= 0.3 is 0 Å². The topological polar surface area (TPSA) is 88.5 Å². The van der Waals surface area contributed by atoms with Crippen molar-refractivity contribution in [3.05, 3.63) is 30.4 Å². The van der Waals surface area contributed by atoms with Gasteiger partial charge in [0.15, 0.2) is 0 Å². The van der Waals surface area contributed by atoms with Gasteiger partial charge in [-0.15, -0.1) is 0 Å². The fourth-order valence-electron chi connectivity index (χ4n) is 2.94. The lowest BCUT2D eigenvalue weighted by molar-refractivity contribution is -0.126. The molecule has 7 nitrogen and oxygen atoms in total. The molecule has 22 heavy (non-hydrogen) atoms. The van der Waals surface area contributed by atoms with E-state index in [1.54, 1.807) is 6.20 Å². The minimum atomic E-state index is 0.0513. The van der Waals surface area contributed by atoms with Crippen molar-refractivity contribution in [2.75, 3.05) is 26.2 Å². The zero-order chi connectivity index (χ0) is 15.4. The zero-order valence-corrected chi connectivity index (χ0v) is 12.6. The summed E-state index contributed by atoms with van der Waals surface area (Å²) in [5, 5.41) is 2.89. The first-order valence-corrected chi connectivity index (χ1v) is 7.75. The number of piperidine rings is 1. The Balaban J connectivity index is 1.61. The molecule has 1 saturated heterocycles. The van der Waals surface area contributed by atoms with E-state index in [0.29, 0.717) is 18.9 Å². The largest absolute Gasteiger partial charge is 0.355 e. The van der Waals surface area contributed by atoms with Gasteiger partial charge < -0.3 is 11.1 Å². The second-order valence-electron chi connectivity index (χ2n) is 5.71. The fraction of sp³-hybridized carbons (Fsp3) is 0.533. The van der Waals surface area contributed by atoms with Crippen LogP contribution < -0.4 is 11.1 Å². The molecule has 3 heterocycles. The molecule has 7 heteroatoms. The van der Waals surface area contributed by atoms with Crippen molar-refractivity contribution >= 4 is 11.7 Å². The van der Waals surface area contributed by atoms with E-state index >= 15 is 0 Å². The predicted molar refractivity (Wildman–Crippen MR) is 83.1 cm³/mol. The summed E-state index contributed by atoms with van der Waals surface area (Å²) >= 11 is 0. The minimum Gasteiger partial charge on any atom is -0.355 e. The molecule has 2 aromatic heterocycles. The maximum atomic E-state index is 12.1. The highest BCUT2D eigenvalue weighted by Crippen LogP contribution is 2.18. The van der Waals surface area contributed by atoms with Gasteiger partial charge in [-0.05, 0) is 25.5 Å². The average Bonchev–Trinajstić information content (AvgIpc) is 2.95. The number of aromatic nitrogens is 3. The number of carbonyl (C=O) groups is 1. The molecule has 1 amide bonds. The third-order valence-corrected chi connectivity index (χ3v) is 3.99. The Labute approximate surface area is 129 Å². The lowest BCUT2D eigenvalue weighted by Gasteiger charge is -2.31. The van der Waals surface area contributed by atoms with E-state index in [1.165, 1.54) is 0 Å². The van der Waals surface area contributed by atoms with Gasteiger partial charge in [-0.25, -0.2) is 9.97 Å². The van der Waals surface area contributed by atoms with Gasteiger partial charge in [0.05, 0.1) is 11.6 Å². The quantitative estimate of drug-likeness (QED) is 0.812. The van der Waals surface area contributed by atoms with Crippen molar-refractivity contribution in [3.8, 4) is 0 Å². The maximum Gasteiger partial charge on any atom is 0.233 e. The Bertz CT molecular complexity index is 607. The molecule has 1 aliphatic heterocycles. The fourth-order valence-corrected chi connectivity index (χ4v) is 2.94. The molecule has 118 valence electrons. The van der Waals surface area contributed by atoms with E-state index in [4.69, 9.17) is 5.73 Å². The third-order valence-electron chi connectivity index (χ3n) is 3.99. The lowest BCUT2D eigenvalue weighted by atomic mass is 9.97. The Morgan fingerprint density at radius 2 is 2.41 bits per heavy atom. The standard InChI is InChI=1S/C15H22N6O/c16-4-6-17-14(22)12-3-1-7-20(9-12)10-13-11-21-8-2-5-18-15(21)19-13/h2,5,8,11-12H,1,3-4,6-7,9-10,16H2,(H,17,22). The smallest absolute Gasteiger partial charge is 0.233 e. The van der Waals surface area contributed by atoms with Crippen LogP contribution >= 0.6 is 0 Å². The first kappa shape index (κ1) is 14.9. The normalized spacial score (nSPS) is 19.4. The van der Waals surface area contributed by atoms with Gasteiger partial charge in [0.2, 0.25) is 11.7 Å². The molecule has 3 rings (SSSR count). The Morgan fingerprint density at radius 3 is 3.23 bits per heavy atom. The molecule has 0 aromatic carbocycles. The number of hydrogen-bond acceptors (Lipinski definition) is 5. The summed E-state index contributed by atoms with van der Waals surface area (Å²) in [4.78, 5) is 23.1. The third kappa shape index (κ3) is 3.42. The molecular weight excluding hydrogens is 280 g/mol. The second kappa shape index (κ2) is 6.85. The summed E-state index contributed by atoms with van der Waals surface area (Å²) in [7, 11) is 0. The van der Waals surface area contributed by atoms with Crippen molar-refractivity contribution in [1.29, 1.82) is 0 Å². The van der Waals surface area contributed by atoms with Crippen molar-refractivity contribution in [2.45, 2.75) is 19.4 Å². The minimum absolute atomic E-state index is 0.0513. The van der Waals surface area contributed by atoms with Crippen LogP contribution in [0.4, 0.5) is 0 Å². The number of amides is 1. The van der Waals surface area contributed by atoms with Crippen LogP contribution in [0.2, 0.25) is 0 Å². The molecular formula is C15H22N6O. The molecule has 1 aliphatic rings. The SMILES string of the molecule is NCCNC(=O)C1CCCN(Cc2cn3cccnc3n2)C1. The number of hydrogen-bond donors (Lipinski definition) is 2. The van der Waals surface area contributed by atoms with Gasteiger partial charge in [-0.1, -0.05) is 0 Å². The van der Waals surface area contributed by atoms with E-state index in [-0.39, 0.29) is 11.8 Å². The van der Waals surface area contributed by atoms with E-state index in [0.717, 1.165) is 38.2 Å². The van der Waals surface area contributed by atoms with Crippen LogP contribution in [0.5, 0.6) is 0 Å². The molecule has 0 aliphatic carbocycles. The lowest BCUT2D eigenvalue weighted by Crippen LogP contribution is -2.43. The number of rotatable bonds is 5. The summed E-state index contributed by atoms with van der Waals surface area (Å²) in [5.41, 5.74) is 6.42. The van der Waals surface area contributed by atoms with Crippen molar-refractivity contribution in [3.63, 3.8) is 0 Å². The molecule has 3 N–H and O–H groups in total. The summed E-state index contributed by atoms with van der Waals surface area (Å²) in [5.74, 6) is 0.883. The zero-order valence-electron chi connectivity index (χ0n) is 12.6. The van der Waals surface area contributed by atoms with E-state index < -0.39 is 0 Å². The van der Waals surface area contributed by atoms with Gasteiger partial charge in [0.25, 0.3) is 0 Å². The summed E-state index contributed by atoms with van der Waals surface area (Å²) in [6, 6.07) is 1.89. The number of nitrogens with zero attached hydrogens (tertiary/aromatic N) is 4. The number of fused-ring (bicyclic) bond motifs is 1. The number of likely N-dealkylation sites (tertiary alicyclic amines) is 1. The Hall–Kier alpha value is -1.99. The average molecular weight is 302 g/mol. The monoisotopic (exact) mass is 302 g/mol. The summed E-state index contributed by atoms with van der Waals surface area (Å²) < 4.78 is 1.92. The van der Waals surface area contributed by atoms with Crippen molar-refractivity contribution < 1.29 is 4.79 Å². The van der Waals surface area contributed by atoms with Gasteiger partial charge in [-0.2, -0.15) is 0 Å². The summed E-state index contributed by atoms with van der Waals surface area (Å²) in [6.45, 7) is 3.56.